The number of carbonyl (C=O) groups excluding carboxylic acids is 2. The van der Waals surface area contributed by atoms with Crippen molar-refractivity contribution in [2.45, 2.75) is 20.4 Å². The maximum atomic E-state index is 12.0. The normalized spacial score (nSPS) is 9.92. The Kier molecular flexibility index (Phi) is 6.19. The molecule has 0 aliphatic heterocycles. The molecule has 2 rings (SSSR count). The summed E-state index contributed by atoms with van der Waals surface area (Å²) < 4.78 is 4.86. The predicted molar refractivity (Wildman–Crippen MR) is 94.1 cm³/mol. The monoisotopic (exact) mass is 327 g/mol. The summed E-state index contributed by atoms with van der Waals surface area (Å²) in [7, 11) is 0. The Morgan fingerprint density at radius 3 is 2.29 bits per heavy atom. The first-order valence-corrected chi connectivity index (χ1v) is 7.72. The van der Waals surface area contributed by atoms with E-state index in [-0.39, 0.29) is 6.03 Å². The van der Waals surface area contributed by atoms with Gasteiger partial charge in [-0.1, -0.05) is 36.4 Å². The molecule has 24 heavy (non-hydrogen) atoms. The van der Waals surface area contributed by atoms with Crippen molar-refractivity contribution in [3.8, 4) is 0 Å². The van der Waals surface area contributed by atoms with E-state index in [0.717, 1.165) is 11.1 Å². The minimum absolute atomic E-state index is 0.296. The van der Waals surface area contributed by atoms with E-state index in [2.05, 4.69) is 16.0 Å². The van der Waals surface area contributed by atoms with E-state index in [1.54, 1.807) is 25.1 Å². The highest BCUT2D eigenvalue weighted by Crippen LogP contribution is 2.23. The molecule has 0 atom stereocenters. The van der Waals surface area contributed by atoms with Gasteiger partial charge >= 0.3 is 12.1 Å². The van der Waals surface area contributed by atoms with Gasteiger partial charge in [0.05, 0.1) is 6.61 Å². The molecule has 0 radical (unpaired) electrons. The Hall–Kier alpha value is -3.02. The number of anilines is 2. The molecule has 6 nitrogen and oxygen atoms in total. The van der Waals surface area contributed by atoms with Gasteiger partial charge < -0.3 is 15.4 Å². The quantitative estimate of drug-likeness (QED) is 0.779. The molecule has 0 unspecified atom stereocenters. The van der Waals surface area contributed by atoms with Crippen LogP contribution < -0.4 is 16.0 Å². The van der Waals surface area contributed by atoms with Gasteiger partial charge in [0.15, 0.2) is 0 Å². The lowest BCUT2D eigenvalue weighted by molar-refractivity contribution is 0.168. The molecule has 126 valence electrons. The predicted octanol–water partition coefficient (Wildman–Crippen LogP) is 3.89. The van der Waals surface area contributed by atoms with E-state index in [9.17, 15) is 9.59 Å². The highest BCUT2D eigenvalue weighted by Gasteiger charge is 2.10. The van der Waals surface area contributed by atoms with E-state index in [1.165, 1.54) is 0 Å². The van der Waals surface area contributed by atoms with Gasteiger partial charge in [-0.05, 0) is 37.1 Å². The molecule has 3 amide bonds. The van der Waals surface area contributed by atoms with Crippen LogP contribution in [0.3, 0.4) is 0 Å². The van der Waals surface area contributed by atoms with Crippen LogP contribution in [0.2, 0.25) is 0 Å². The van der Waals surface area contributed by atoms with E-state index >= 15 is 0 Å². The summed E-state index contributed by atoms with van der Waals surface area (Å²) in [4.78, 5) is 23.6. The SMILES string of the molecule is CCOC(=O)Nc1cccc(NC(=O)NCc2ccccc2)c1C. The second-order valence-electron chi connectivity index (χ2n) is 5.12. The fraction of sp³-hybridized carbons (Fsp3) is 0.222. The van der Waals surface area contributed by atoms with Crippen molar-refractivity contribution in [1.29, 1.82) is 0 Å². The van der Waals surface area contributed by atoms with Crippen molar-refractivity contribution < 1.29 is 14.3 Å². The summed E-state index contributed by atoms with van der Waals surface area (Å²) in [5, 5.41) is 8.23. The summed E-state index contributed by atoms with van der Waals surface area (Å²) in [5.74, 6) is 0. The van der Waals surface area contributed by atoms with Crippen molar-refractivity contribution in [2.24, 2.45) is 0 Å². The third kappa shape index (κ3) is 5.01. The first kappa shape index (κ1) is 17.3. The summed E-state index contributed by atoms with van der Waals surface area (Å²) in [6.07, 6.45) is -0.522. The smallest absolute Gasteiger partial charge is 0.411 e. The standard InChI is InChI=1S/C18H21N3O3/c1-3-24-18(23)21-16-11-7-10-15(13(16)2)20-17(22)19-12-14-8-5-4-6-9-14/h4-11H,3,12H2,1-2H3,(H,21,23)(H2,19,20,22). The van der Waals surface area contributed by atoms with Gasteiger partial charge in [-0.15, -0.1) is 0 Å². The zero-order valence-corrected chi connectivity index (χ0v) is 13.8. The van der Waals surface area contributed by atoms with Crippen LogP contribution in [-0.4, -0.2) is 18.7 Å². The maximum absolute atomic E-state index is 12.0. The van der Waals surface area contributed by atoms with E-state index in [1.807, 2.05) is 37.3 Å². The molecule has 0 saturated heterocycles. The fourth-order valence-corrected chi connectivity index (χ4v) is 2.13. The van der Waals surface area contributed by atoms with Crippen molar-refractivity contribution in [3.63, 3.8) is 0 Å². The van der Waals surface area contributed by atoms with Crippen LogP contribution in [-0.2, 0) is 11.3 Å². The Bertz CT molecular complexity index is 702. The lowest BCUT2D eigenvalue weighted by Crippen LogP contribution is -2.28. The molecule has 6 heteroatoms. The summed E-state index contributed by atoms with van der Waals surface area (Å²) >= 11 is 0. The molecule has 0 heterocycles. The largest absolute Gasteiger partial charge is 0.450 e. The number of ether oxygens (including phenoxy) is 1. The topological polar surface area (TPSA) is 79.5 Å². The summed E-state index contributed by atoms with van der Waals surface area (Å²) in [6.45, 7) is 4.28. The Balaban J connectivity index is 1.96. The van der Waals surface area contributed by atoms with Gasteiger partial charge in [0.25, 0.3) is 0 Å². The average Bonchev–Trinajstić information content (AvgIpc) is 2.58. The lowest BCUT2D eigenvalue weighted by Gasteiger charge is -2.14. The first-order chi connectivity index (χ1) is 11.6. The molecule has 0 aromatic heterocycles. The van der Waals surface area contributed by atoms with E-state index < -0.39 is 6.09 Å². The highest BCUT2D eigenvalue weighted by molar-refractivity contribution is 5.93. The minimum atomic E-state index is -0.522. The number of amides is 3. The average molecular weight is 327 g/mol. The molecule has 0 fully saturated rings. The van der Waals surface area contributed by atoms with Crippen molar-refractivity contribution in [1.82, 2.24) is 5.32 Å². The van der Waals surface area contributed by atoms with Crippen molar-refractivity contribution in [2.75, 3.05) is 17.2 Å². The zero-order chi connectivity index (χ0) is 17.4. The first-order valence-electron chi connectivity index (χ1n) is 7.72. The van der Waals surface area contributed by atoms with Crippen LogP contribution in [0.1, 0.15) is 18.1 Å². The van der Waals surface area contributed by atoms with Crippen LogP contribution >= 0.6 is 0 Å². The highest BCUT2D eigenvalue weighted by atomic mass is 16.5. The third-order valence-electron chi connectivity index (χ3n) is 3.39. The molecule has 0 aliphatic carbocycles. The maximum Gasteiger partial charge on any atom is 0.411 e. The fourth-order valence-electron chi connectivity index (χ4n) is 2.13. The van der Waals surface area contributed by atoms with Gasteiger partial charge in [0.1, 0.15) is 0 Å². The van der Waals surface area contributed by atoms with Crippen LogP contribution in [0.15, 0.2) is 48.5 Å². The summed E-state index contributed by atoms with van der Waals surface area (Å²) in [6, 6.07) is 14.6. The van der Waals surface area contributed by atoms with Crippen LogP contribution in [0.25, 0.3) is 0 Å². The Morgan fingerprint density at radius 2 is 1.62 bits per heavy atom. The number of hydrogen-bond donors (Lipinski definition) is 3. The molecule has 0 saturated carbocycles. The molecule has 2 aromatic rings. The van der Waals surface area contributed by atoms with E-state index in [0.29, 0.717) is 24.5 Å². The molecule has 2 aromatic carbocycles. The number of benzene rings is 2. The number of carbonyl (C=O) groups is 2. The second kappa shape index (κ2) is 8.57. The third-order valence-corrected chi connectivity index (χ3v) is 3.39. The van der Waals surface area contributed by atoms with Crippen LogP contribution in [0, 0.1) is 6.92 Å². The molecular formula is C18H21N3O3. The van der Waals surface area contributed by atoms with Gasteiger partial charge in [-0.2, -0.15) is 0 Å². The molecular weight excluding hydrogens is 306 g/mol. The number of urea groups is 1. The number of hydrogen-bond acceptors (Lipinski definition) is 3. The summed E-state index contributed by atoms with van der Waals surface area (Å²) in [5.41, 5.74) is 2.98. The molecule has 0 bridgehead atoms. The van der Waals surface area contributed by atoms with Gasteiger partial charge in [-0.3, -0.25) is 5.32 Å². The van der Waals surface area contributed by atoms with Crippen LogP contribution in [0.4, 0.5) is 21.0 Å². The Morgan fingerprint density at radius 1 is 0.958 bits per heavy atom. The molecule has 0 aliphatic rings. The molecule has 3 N–H and O–H groups in total. The Labute approximate surface area is 141 Å². The number of nitrogens with one attached hydrogen (secondary N) is 3. The molecule has 0 spiro atoms. The lowest BCUT2D eigenvalue weighted by atomic mass is 10.1. The van der Waals surface area contributed by atoms with Crippen LogP contribution in [0.5, 0.6) is 0 Å². The van der Waals surface area contributed by atoms with Crippen molar-refractivity contribution in [3.05, 3.63) is 59.7 Å². The van der Waals surface area contributed by atoms with Gasteiger partial charge in [0.2, 0.25) is 0 Å². The minimum Gasteiger partial charge on any atom is -0.450 e. The van der Waals surface area contributed by atoms with Gasteiger partial charge in [0, 0.05) is 17.9 Å². The van der Waals surface area contributed by atoms with Crippen molar-refractivity contribution >= 4 is 23.5 Å². The second-order valence-corrected chi connectivity index (χ2v) is 5.12. The van der Waals surface area contributed by atoms with E-state index in [4.69, 9.17) is 4.74 Å². The number of rotatable bonds is 5. The zero-order valence-electron chi connectivity index (χ0n) is 13.8. The van der Waals surface area contributed by atoms with Gasteiger partial charge in [-0.25, -0.2) is 9.59 Å².